The van der Waals surface area contributed by atoms with Crippen LogP contribution >= 0.6 is 0 Å². The van der Waals surface area contributed by atoms with Gasteiger partial charge in [0.25, 0.3) is 0 Å². The quantitative estimate of drug-likeness (QED) is 0.737. The van der Waals surface area contributed by atoms with Crippen LogP contribution < -0.4 is 9.47 Å². The zero-order valence-electron chi connectivity index (χ0n) is 15.9. The van der Waals surface area contributed by atoms with Crippen molar-refractivity contribution in [2.45, 2.75) is 6.54 Å². The minimum Gasteiger partial charge on any atom is -0.497 e. The Bertz CT molecular complexity index is 781. The Morgan fingerprint density at radius 2 is 1.74 bits per heavy atom. The number of hydrogen-bond acceptors (Lipinski definition) is 4. The molecule has 5 nitrogen and oxygen atoms in total. The van der Waals surface area contributed by atoms with Gasteiger partial charge in [0.05, 0.1) is 14.2 Å². The molecule has 3 rings (SSSR count). The Balaban J connectivity index is 1.54. The van der Waals surface area contributed by atoms with Gasteiger partial charge < -0.3 is 14.4 Å². The van der Waals surface area contributed by atoms with Gasteiger partial charge in [-0.1, -0.05) is 30.3 Å². The number of carbonyl (C=O) groups excluding carboxylic acids is 1. The van der Waals surface area contributed by atoms with Crippen molar-refractivity contribution in [2.24, 2.45) is 0 Å². The maximum Gasteiger partial charge on any atom is 0.246 e. The summed E-state index contributed by atoms with van der Waals surface area (Å²) in [5.74, 6) is 1.45. The first-order valence-electron chi connectivity index (χ1n) is 9.15. The second kappa shape index (κ2) is 9.24. The molecule has 0 radical (unpaired) electrons. The zero-order chi connectivity index (χ0) is 19.1. The van der Waals surface area contributed by atoms with E-state index in [9.17, 15) is 4.79 Å². The molecule has 0 atom stereocenters. The van der Waals surface area contributed by atoms with Crippen molar-refractivity contribution < 1.29 is 14.3 Å². The van der Waals surface area contributed by atoms with Crippen LogP contribution in [0.5, 0.6) is 11.5 Å². The molecule has 5 heteroatoms. The van der Waals surface area contributed by atoms with Crippen LogP contribution in [0.25, 0.3) is 6.08 Å². The molecule has 142 valence electrons. The molecule has 1 fully saturated rings. The molecule has 1 saturated heterocycles. The number of rotatable bonds is 6. The maximum atomic E-state index is 12.5. The summed E-state index contributed by atoms with van der Waals surface area (Å²) < 4.78 is 10.6. The Kier molecular flexibility index (Phi) is 6.49. The van der Waals surface area contributed by atoms with Gasteiger partial charge in [0.15, 0.2) is 0 Å². The summed E-state index contributed by atoms with van der Waals surface area (Å²) in [5, 5.41) is 0. The highest BCUT2D eigenvalue weighted by Crippen LogP contribution is 2.25. The van der Waals surface area contributed by atoms with Crippen LogP contribution in [0.3, 0.4) is 0 Å². The van der Waals surface area contributed by atoms with Gasteiger partial charge >= 0.3 is 0 Å². The lowest BCUT2D eigenvalue weighted by Crippen LogP contribution is -2.47. The van der Waals surface area contributed by atoms with Crippen molar-refractivity contribution in [1.29, 1.82) is 0 Å². The molecule has 1 aliphatic heterocycles. The van der Waals surface area contributed by atoms with Crippen LogP contribution in [0.4, 0.5) is 0 Å². The third kappa shape index (κ3) is 5.11. The Morgan fingerprint density at radius 3 is 2.41 bits per heavy atom. The summed E-state index contributed by atoms with van der Waals surface area (Å²) in [6.07, 6.45) is 3.42. The van der Waals surface area contributed by atoms with Gasteiger partial charge in [0, 0.05) is 50.4 Å². The van der Waals surface area contributed by atoms with E-state index in [2.05, 4.69) is 29.2 Å². The molecular weight excluding hydrogens is 340 g/mol. The second-order valence-corrected chi connectivity index (χ2v) is 6.53. The van der Waals surface area contributed by atoms with Crippen LogP contribution in [0.15, 0.2) is 54.6 Å². The SMILES string of the molecule is COc1ccc(/C=C/C(=O)N2CCN(Cc3ccccc3)CC2)c(OC)c1. The van der Waals surface area contributed by atoms with E-state index in [0.717, 1.165) is 44.0 Å². The lowest BCUT2D eigenvalue weighted by molar-refractivity contribution is -0.127. The van der Waals surface area contributed by atoms with Crippen LogP contribution in [0, 0.1) is 0 Å². The molecule has 1 amide bonds. The van der Waals surface area contributed by atoms with E-state index in [1.54, 1.807) is 26.4 Å². The van der Waals surface area contributed by atoms with Crippen LogP contribution in [0.1, 0.15) is 11.1 Å². The highest BCUT2D eigenvalue weighted by atomic mass is 16.5. The third-order valence-electron chi connectivity index (χ3n) is 4.78. The second-order valence-electron chi connectivity index (χ2n) is 6.53. The minimum atomic E-state index is 0.0345. The molecule has 1 aliphatic rings. The molecule has 27 heavy (non-hydrogen) atoms. The molecule has 0 aliphatic carbocycles. The van der Waals surface area contributed by atoms with Gasteiger partial charge in [-0.3, -0.25) is 9.69 Å². The molecule has 0 spiro atoms. The van der Waals surface area contributed by atoms with Crippen molar-refractivity contribution >= 4 is 12.0 Å². The standard InChI is InChI=1S/C22H26N2O3/c1-26-20-10-8-19(21(16-20)27-2)9-11-22(25)24-14-12-23(13-15-24)17-18-6-4-3-5-7-18/h3-11,16H,12-15,17H2,1-2H3/b11-9+. The van der Waals surface area contributed by atoms with Crippen LogP contribution in [0.2, 0.25) is 0 Å². The Morgan fingerprint density at radius 1 is 1.00 bits per heavy atom. The number of benzene rings is 2. The van der Waals surface area contributed by atoms with Gasteiger partial charge in [-0.2, -0.15) is 0 Å². The van der Waals surface area contributed by atoms with Crippen molar-refractivity contribution in [3.05, 3.63) is 65.7 Å². The van der Waals surface area contributed by atoms with E-state index in [1.807, 2.05) is 29.2 Å². The minimum absolute atomic E-state index is 0.0345. The van der Waals surface area contributed by atoms with Gasteiger partial charge in [-0.15, -0.1) is 0 Å². The molecule has 0 saturated carbocycles. The number of amides is 1. The molecular formula is C22H26N2O3. The molecule has 0 N–H and O–H groups in total. The molecule has 1 heterocycles. The van der Waals surface area contributed by atoms with Gasteiger partial charge in [-0.25, -0.2) is 0 Å². The van der Waals surface area contributed by atoms with E-state index in [4.69, 9.17) is 9.47 Å². The van der Waals surface area contributed by atoms with Crippen molar-refractivity contribution in [1.82, 2.24) is 9.80 Å². The van der Waals surface area contributed by atoms with E-state index in [0.29, 0.717) is 5.75 Å². The highest BCUT2D eigenvalue weighted by Gasteiger charge is 2.19. The fourth-order valence-corrected chi connectivity index (χ4v) is 3.19. The summed E-state index contributed by atoms with van der Waals surface area (Å²) >= 11 is 0. The van der Waals surface area contributed by atoms with Gasteiger partial charge in [0.1, 0.15) is 11.5 Å². The van der Waals surface area contributed by atoms with Gasteiger partial charge in [-0.05, 0) is 23.8 Å². The molecule has 0 aromatic heterocycles. The van der Waals surface area contributed by atoms with Crippen molar-refractivity contribution in [2.75, 3.05) is 40.4 Å². The fourth-order valence-electron chi connectivity index (χ4n) is 3.19. The molecule has 0 bridgehead atoms. The summed E-state index contributed by atoms with van der Waals surface area (Å²) in [5.41, 5.74) is 2.16. The lowest BCUT2D eigenvalue weighted by atomic mass is 10.1. The number of methoxy groups -OCH3 is 2. The number of hydrogen-bond donors (Lipinski definition) is 0. The largest absolute Gasteiger partial charge is 0.497 e. The van der Waals surface area contributed by atoms with Crippen LogP contribution in [-0.4, -0.2) is 56.1 Å². The average Bonchev–Trinajstić information content (AvgIpc) is 2.73. The topological polar surface area (TPSA) is 42.0 Å². The number of carbonyl (C=O) groups is 1. The number of ether oxygens (including phenoxy) is 2. The monoisotopic (exact) mass is 366 g/mol. The first-order chi connectivity index (χ1) is 13.2. The highest BCUT2D eigenvalue weighted by molar-refractivity contribution is 5.92. The van der Waals surface area contributed by atoms with E-state index >= 15 is 0 Å². The van der Waals surface area contributed by atoms with E-state index in [-0.39, 0.29) is 5.91 Å². The predicted molar refractivity (Wildman–Crippen MR) is 107 cm³/mol. The van der Waals surface area contributed by atoms with Gasteiger partial charge in [0.2, 0.25) is 5.91 Å². The first-order valence-corrected chi connectivity index (χ1v) is 9.15. The normalized spacial score (nSPS) is 15.1. The predicted octanol–water partition coefficient (Wildman–Crippen LogP) is 3.06. The maximum absolute atomic E-state index is 12.5. The first kappa shape index (κ1) is 19.0. The molecule has 0 unspecified atom stereocenters. The summed E-state index contributed by atoms with van der Waals surface area (Å²) in [4.78, 5) is 16.8. The zero-order valence-corrected chi connectivity index (χ0v) is 15.9. The average molecular weight is 366 g/mol. The molecule has 2 aromatic rings. The van der Waals surface area contributed by atoms with Crippen molar-refractivity contribution in [3.8, 4) is 11.5 Å². The number of piperazine rings is 1. The lowest BCUT2D eigenvalue weighted by Gasteiger charge is -2.34. The Hall–Kier alpha value is -2.79. The molecule has 2 aromatic carbocycles. The third-order valence-corrected chi connectivity index (χ3v) is 4.78. The smallest absolute Gasteiger partial charge is 0.246 e. The number of nitrogens with zero attached hydrogens (tertiary/aromatic N) is 2. The summed E-state index contributed by atoms with van der Waals surface area (Å²) in [7, 11) is 3.23. The fraction of sp³-hybridized carbons (Fsp3) is 0.318. The summed E-state index contributed by atoms with van der Waals surface area (Å²) in [6.45, 7) is 4.20. The Labute approximate surface area is 160 Å². The van der Waals surface area contributed by atoms with E-state index < -0.39 is 0 Å². The summed E-state index contributed by atoms with van der Waals surface area (Å²) in [6, 6.07) is 16.0. The van der Waals surface area contributed by atoms with Crippen molar-refractivity contribution in [3.63, 3.8) is 0 Å². The van der Waals surface area contributed by atoms with Crippen LogP contribution in [-0.2, 0) is 11.3 Å². The van der Waals surface area contributed by atoms with E-state index in [1.165, 1.54) is 5.56 Å².